The second-order valence-corrected chi connectivity index (χ2v) is 9.31. The predicted molar refractivity (Wildman–Crippen MR) is 90.4 cm³/mol. The fraction of sp³-hybridized carbons (Fsp3) is 0.647. The van der Waals surface area contributed by atoms with E-state index in [2.05, 4.69) is 5.32 Å². The predicted octanol–water partition coefficient (Wildman–Crippen LogP) is 3.28. The molecular formula is C17H24F3NO3S. The van der Waals surface area contributed by atoms with Crippen molar-refractivity contribution < 1.29 is 26.3 Å². The summed E-state index contributed by atoms with van der Waals surface area (Å²) in [5.74, 6) is 0.475. The smallest absolute Gasteiger partial charge is 0.416 e. The zero-order valence-electron chi connectivity index (χ0n) is 14.3. The quantitative estimate of drug-likeness (QED) is 0.790. The molecular weight excluding hydrogens is 355 g/mol. The maximum Gasteiger partial charge on any atom is 0.416 e. The summed E-state index contributed by atoms with van der Waals surface area (Å²) in [7, 11) is -3.19. The number of halogens is 3. The van der Waals surface area contributed by atoms with Crippen LogP contribution in [0.5, 0.6) is 5.75 Å². The average molecular weight is 379 g/mol. The minimum Gasteiger partial charge on any atom is -0.490 e. The van der Waals surface area contributed by atoms with Crippen LogP contribution >= 0.6 is 0 Å². The van der Waals surface area contributed by atoms with E-state index in [-0.39, 0.29) is 17.8 Å². The van der Waals surface area contributed by atoms with Gasteiger partial charge in [-0.3, -0.25) is 0 Å². The van der Waals surface area contributed by atoms with Crippen molar-refractivity contribution in [2.24, 2.45) is 5.92 Å². The lowest BCUT2D eigenvalue weighted by Gasteiger charge is -2.25. The molecule has 1 aromatic rings. The highest BCUT2D eigenvalue weighted by molar-refractivity contribution is 7.91. The molecule has 0 radical (unpaired) electrons. The summed E-state index contributed by atoms with van der Waals surface area (Å²) < 4.78 is 67.9. The number of sulfone groups is 1. The molecule has 0 saturated carbocycles. The van der Waals surface area contributed by atoms with Gasteiger partial charge in [-0.05, 0) is 57.5 Å². The molecule has 0 aromatic heterocycles. The van der Waals surface area contributed by atoms with Gasteiger partial charge in [0, 0.05) is 12.5 Å². The topological polar surface area (TPSA) is 55.4 Å². The highest BCUT2D eigenvalue weighted by Gasteiger charge is 2.31. The van der Waals surface area contributed by atoms with Gasteiger partial charge in [-0.15, -0.1) is 0 Å². The van der Waals surface area contributed by atoms with E-state index in [1.807, 2.05) is 0 Å². The third-order valence-corrected chi connectivity index (χ3v) is 6.74. The van der Waals surface area contributed by atoms with Crippen LogP contribution in [0.25, 0.3) is 0 Å². The van der Waals surface area contributed by atoms with Crippen LogP contribution in [-0.4, -0.2) is 38.6 Å². The Morgan fingerprint density at radius 3 is 2.36 bits per heavy atom. The van der Waals surface area contributed by atoms with E-state index in [9.17, 15) is 21.6 Å². The lowest BCUT2D eigenvalue weighted by atomic mass is 9.99. The van der Waals surface area contributed by atoms with E-state index >= 15 is 0 Å². The Hall–Kier alpha value is -1.28. The summed E-state index contributed by atoms with van der Waals surface area (Å²) >= 11 is 0. The molecule has 1 heterocycles. The Morgan fingerprint density at radius 1 is 1.24 bits per heavy atom. The minimum atomic E-state index is -4.39. The first-order valence-corrected chi connectivity index (χ1v) is 10.1. The molecule has 2 rings (SSSR count). The van der Waals surface area contributed by atoms with E-state index in [1.165, 1.54) is 12.1 Å². The van der Waals surface area contributed by atoms with Crippen molar-refractivity contribution >= 4 is 9.84 Å². The largest absolute Gasteiger partial charge is 0.490 e. The van der Waals surface area contributed by atoms with Crippen LogP contribution in [0.15, 0.2) is 24.3 Å². The first-order chi connectivity index (χ1) is 11.6. The molecule has 4 nitrogen and oxygen atoms in total. The first kappa shape index (κ1) is 20.0. The van der Waals surface area contributed by atoms with Crippen LogP contribution in [0.3, 0.4) is 0 Å². The van der Waals surface area contributed by atoms with E-state index in [1.54, 1.807) is 13.8 Å². The first-order valence-electron chi connectivity index (χ1n) is 8.36. The summed E-state index contributed by atoms with van der Waals surface area (Å²) in [5.41, 5.74) is -0.735. The molecule has 0 spiro atoms. The second kappa shape index (κ2) is 7.95. The van der Waals surface area contributed by atoms with Crippen molar-refractivity contribution in [2.45, 2.75) is 44.2 Å². The fourth-order valence-corrected chi connectivity index (χ4v) is 3.83. The monoisotopic (exact) mass is 379 g/mol. The third-order valence-electron chi connectivity index (χ3n) is 4.50. The van der Waals surface area contributed by atoms with Crippen LogP contribution in [0.1, 0.15) is 32.3 Å². The van der Waals surface area contributed by atoms with Crippen LogP contribution in [-0.2, 0) is 16.0 Å². The molecule has 0 amide bonds. The number of nitrogens with one attached hydrogen (secondary N) is 1. The molecule has 1 fully saturated rings. The van der Waals surface area contributed by atoms with Gasteiger partial charge in [0.25, 0.3) is 0 Å². The molecule has 1 saturated heterocycles. The van der Waals surface area contributed by atoms with E-state index in [4.69, 9.17) is 4.74 Å². The van der Waals surface area contributed by atoms with Crippen LogP contribution in [0, 0.1) is 5.92 Å². The Balaban J connectivity index is 2.08. The zero-order valence-corrected chi connectivity index (χ0v) is 15.2. The fourth-order valence-electron chi connectivity index (χ4n) is 2.80. The second-order valence-electron chi connectivity index (χ2n) is 6.64. The number of benzene rings is 1. The molecule has 2 atom stereocenters. The van der Waals surface area contributed by atoms with Crippen molar-refractivity contribution in [2.75, 3.05) is 18.8 Å². The Morgan fingerprint density at radius 2 is 1.88 bits per heavy atom. The van der Waals surface area contributed by atoms with E-state index in [0.29, 0.717) is 18.7 Å². The van der Waals surface area contributed by atoms with Gasteiger partial charge in [-0.2, -0.15) is 13.2 Å². The Kier molecular flexibility index (Phi) is 6.37. The van der Waals surface area contributed by atoms with Gasteiger partial charge >= 0.3 is 6.18 Å². The van der Waals surface area contributed by atoms with Crippen molar-refractivity contribution in [1.29, 1.82) is 0 Å². The maximum absolute atomic E-state index is 12.6. The highest BCUT2D eigenvalue weighted by Crippen LogP contribution is 2.31. The van der Waals surface area contributed by atoms with Gasteiger partial charge in [-0.1, -0.05) is 0 Å². The van der Waals surface area contributed by atoms with Crippen molar-refractivity contribution in [1.82, 2.24) is 5.32 Å². The molecule has 8 heteroatoms. The zero-order chi connectivity index (χ0) is 18.7. The normalized spacial score (nSPS) is 20.0. The van der Waals surface area contributed by atoms with Crippen molar-refractivity contribution in [3.63, 3.8) is 0 Å². The van der Waals surface area contributed by atoms with Gasteiger partial charge in [0.2, 0.25) is 0 Å². The van der Waals surface area contributed by atoms with Crippen LogP contribution in [0.2, 0.25) is 0 Å². The van der Waals surface area contributed by atoms with E-state index in [0.717, 1.165) is 25.1 Å². The summed E-state index contributed by atoms with van der Waals surface area (Å²) in [6.45, 7) is 4.82. The van der Waals surface area contributed by atoms with E-state index < -0.39 is 26.8 Å². The number of rotatable bonds is 7. The average Bonchev–Trinajstić information content (AvgIpc) is 3.05. The number of hydrogen-bond acceptors (Lipinski definition) is 4. The lowest BCUT2D eigenvalue weighted by Crippen LogP contribution is -2.32. The van der Waals surface area contributed by atoms with Gasteiger partial charge in [0.1, 0.15) is 11.9 Å². The highest BCUT2D eigenvalue weighted by atomic mass is 32.2. The van der Waals surface area contributed by atoms with Gasteiger partial charge in [0.15, 0.2) is 9.84 Å². The summed E-state index contributed by atoms with van der Waals surface area (Å²) in [6, 6.07) is 4.53. The third kappa shape index (κ3) is 5.60. The molecule has 1 aliphatic heterocycles. The molecule has 1 aliphatic rings. The Bertz CT molecular complexity index is 651. The SMILES string of the molecule is CC(C)S(=O)(=O)CCC(Oc1ccc(C(F)(F)F)cc1)C1CCNC1. The lowest BCUT2D eigenvalue weighted by molar-refractivity contribution is -0.137. The van der Waals surface area contributed by atoms with Gasteiger partial charge < -0.3 is 10.1 Å². The summed E-state index contributed by atoms with van der Waals surface area (Å²) in [6.07, 6.45) is -3.56. The molecule has 142 valence electrons. The van der Waals surface area contributed by atoms with Gasteiger partial charge in [0.05, 0.1) is 16.6 Å². The molecule has 1 N–H and O–H groups in total. The summed E-state index contributed by atoms with van der Waals surface area (Å²) in [5, 5.41) is 2.75. The maximum atomic E-state index is 12.6. The molecule has 25 heavy (non-hydrogen) atoms. The van der Waals surface area contributed by atoms with Crippen molar-refractivity contribution in [3.05, 3.63) is 29.8 Å². The van der Waals surface area contributed by atoms with Gasteiger partial charge in [-0.25, -0.2) is 8.42 Å². The standard InChI is InChI=1S/C17H24F3NO3S/c1-12(2)25(22,23)10-8-16(13-7-9-21-11-13)24-15-5-3-14(4-6-15)17(18,19)20/h3-6,12-13,16,21H,7-11H2,1-2H3. The van der Waals surface area contributed by atoms with Crippen LogP contribution in [0.4, 0.5) is 13.2 Å². The minimum absolute atomic E-state index is 0.00642. The number of alkyl halides is 3. The molecule has 0 aliphatic carbocycles. The number of ether oxygens (including phenoxy) is 1. The molecule has 2 unspecified atom stereocenters. The Labute approximate surface area is 146 Å². The molecule has 1 aromatic carbocycles. The number of hydrogen-bond donors (Lipinski definition) is 1. The molecule has 0 bridgehead atoms. The summed E-state index contributed by atoms with van der Waals surface area (Å²) in [4.78, 5) is 0. The van der Waals surface area contributed by atoms with Crippen molar-refractivity contribution in [3.8, 4) is 5.75 Å². The van der Waals surface area contributed by atoms with Crippen LogP contribution < -0.4 is 10.1 Å².